The maximum Gasteiger partial charge on any atom is 0.256 e. The predicted molar refractivity (Wildman–Crippen MR) is 112 cm³/mol. The molecule has 0 aliphatic carbocycles. The largest absolute Gasteiger partial charge is 0.349 e. The Bertz CT molecular complexity index is 901. The summed E-state index contributed by atoms with van der Waals surface area (Å²) in [5.74, 6) is -2.29. The van der Waals surface area contributed by atoms with Gasteiger partial charge in [-0.3, -0.25) is 9.59 Å². The molecule has 0 aromatic heterocycles. The van der Waals surface area contributed by atoms with E-state index >= 15 is 0 Å². The van der Waals surface area contributed by atoms with Crippen LogP contribution in [0.4, 0.5) is 8.78 Å². The third kappa shape index (κ3) is 5.04. The van der Waals surface area contributed by atoms with Crippen LogP contribution in [0.1, 0.15) is 55.6 Å². The minimum Gasteiger partial charge on any atom is -0.349 e. The van der Waals surface area contributed by atoms with Gasteiger partial charge < -0.3 is 10.2 Å². The zero-order valence-corrected chi connectivity index (χ0v) is 17.6. The van der Waals surface area contributed by atoms with Gasteiger partial charge in [0.2, 0.25) is 5.91 Å². The van der Waals surface area contributed by atoms with Crippen LogP contribution in [-0.2, 0) is 4.79 Å². The maximum absolute atomic E-state index is 13.9. The highest BCUT2D eigenvalue weighted by Crippen LogP contribution is 2.33. The molecule has 0 spiro atoms. The number of likely N-dealkylation sites (tertiary alicyclic amines) is 1. The number of nitrogens with one attached hydrogen (secondary N) is 1. The molecule has 4 nitrogen and oxygen atoms in total. The van der Waals surface area contributed by atoms with Gasteiger partial charge in [0.1, 0.15) is 11.6 Å². The Morgan fingerprint density at radius 3 is 2.23 bits per heavy atom. The summed E-state index contributed by atoms with van der Waals surface area (Å²) in [6.45, 7) is 6.98. The average molecular weight is 414 g/mol. The van der Waals surface area contributed by atoms with Crippen molar-refractivity contribution in [2.75, 3.05) is 13.1 Å². The molecule has 2 aromatic rings. The first-order valence-corrected chi connectivity index (χ1v) is 10.3. The van der Waals surface area contributed by atoms with E-state index in [0.717, 1.165) is 11.6 Å². The SMILES string of the molecule is CC(C)(C)C(NC(=O)C1CCN(C(=O)c2ccc(F)cc2F)CC1)c1ccccc1. The van der Waals surface area contributed by atoms with E-state index < -0.39 is 17.5 Å². The molecule has 1 saturated heterocycles. The molecule has 160 valence electrons. The molecule has 6 heteroatoms. The summed E-state index contributed by atoms with van der Waals surface area (Å²) in [6.07, 6.45) is 1.01. The fourth-order valence-electron chi connectivity index (χ4n) is 3.88. The summed E-state index contributed by atoms with van der Waals surface area (Å²) in [5.41, 5.74) is 0.752. The molecular formula is C24H28F2N2O2. The smallest absolute Gasteiger partial charge is 0.256 e. The lowest BCUT2D eigenvalue weighted by Crippen LogP contribution is -2.45. The Morgan fingerprint density at radius 2 is 1.67 bits per heavy atom. The zero-order chi connectivity index (χ0) is 21.9. The van der Waals surface area contributed by atoms with Crippen molar-refractivity contribution in [3.05, 3.63) is 71.3 Å². The molecule has 1 aliphatic heterocycles. The van der Waals surface area contributed by atoms with E-state index in [0.29, 0.717) is 32.0 Å². The maximum atomic E-state index is 13.9. The van der Waals surface area contributed by atoms with Gasteiger partial charge in [-0.25, -0.2) is 8.78 Å². The van der Waals surface area contributed by atoms with Crippen LogP contribution in [0.2, 0.25) is 0 Å². The highest BCUT2D eigenvalue weighted by molar-refractivity contribution is 5.94. The Hall–Kier alpha value is -2.76. The van der Waals surface area contributed by atoms with E-state index in [1.54, 1.807) is 0 Å². The standard InChI is InChI=1S/C24H28F2N2O2/c1-24(2,3)21(16-7-5-4-6-8-16)27-22(29)17-11-13-28(14-12-17)23(30)19-10-9-18(25)15-20(19)26/h4-10,15,17,21H,11-14H2,1-3H3,(H,27,29). The van der Waals surface area contributed by atoms with Crippen LogP contribution in [0.3, 0.4) is 0 Å². The Morgan fingerprint density at radius 1 is 1.03 bits per heavy atom. The lowest BCUT2D eigenvalue weighted by Gasteiger charge is -2.35. The number of piperidine rings is 1. The molecule has 1 N–H and O–H groups in total. The normalized spacial score (nSPS) is 16.2. The summed E-state index contributed by atoms with van der Waals surface area (Å²) >= 11 is 0. The van der Waals surface area contributed by atoms with E-state index in [1.165, 1.54) is 11.0 Å². The lowest BCUT2D eigenvalue weighted by molar-refractivity contribution is -0.127. The number of hydrogen-bond acceptors (Lipinski definition) is 2. The van der Waals surface area contributed by atoms with Crippen molar-refractivity contribution in [1.82, 2.24) is 10.2 Å². The van der Waals surface area contributed by atoms with Crippen LogP contribution in [0.15, 0.2) is 48.5 Å². The van der Waals surface area contributed by atoms with Crippen molar-refractivity contribution < 1.29 is 18.4 Å². The Labute approximate surface area is 176 Å². The fourth-order valence-corrected chi connectivity index (χ4v) is 3.88. The molecule has 30 heavy (non-hydrogen) atoms. The second-order valence-electron chi connectivity index (χ2n) is 8.91. The average Bonchev–Trinajstić information content (AvgIpc) is 2.71. The highest BCUT2D eigenvalue weighted by Gasteiger charge is 2.33. The van der Waals surface area contributed by atoms with Crippen molar-refractivity contribution in [2.24, 2.45) is 11.3 Å². The van der Waals surface area contributed by atoms with Crippen molar-refractivity contribution >= 4 is 11.8 Å². The van der Waals surface area contributed by atoms with Crippen LogP contribution in [-0.4, -0.2) is 29.8 Å². The molecule has 1 fully saturated rings. The second-order valence-corrected chi connectivity index (χ2v) is 8.91. The van der Waals surface area contributed by atoms with Crippen LogP contribution >= 0.6 is 0 Å². The van der Waals surface area contributed by atoms with E-state index in [4.69, 9.17) is 0 Å². The fraction of sp³-hybridized carbons (Fsp3) is 0.417. The number of rotatable bonds is 4. The van der Waals surface area contributed by atoms with Gasteiger partial charge in [-0.2, -0.15) is 0 Å². The molecule has 1 unspecified atom stereocenters. The van der Waals surface area contributed by atoms with Crippen molar-refractivity contribution in [1.29, 1.82) is 0 Å². The molecular weight excluding hydrogens is 386 g/mol. The number of carbonyl (C=O) groups is 2. The van der Waals surface area contributed by atoms with Gasteiger partial charge in [0.15, 0.2) is 0 Å². The van der Waals surface area contributed by atoms with E-state index in [2.05, 4.69) is 26.1 Å². The number of nitrogens with zero attached hydrogens (tertiary/aromatic N) is 1. The molecule has 0 radical (unpaired) electrons. The van der Waals surface area contributed by atoms with Crippen LogP contribution in [0.25, 0.3) is 0 Å². The third-order valence-electron chi connectivity index (χ3n) is 5.60. The topological polar surface area (TPSA) is 49.4 Å². The van der Waals surface area contributed by atoms with Gasteiger partial charge in [0.25, 0.3) is 5.91 Å². The lowest BCUT2D eigenvalue weighted by atomic mass is 9.81. The molecule has 3 rings (SSSR count). The summed E-state index contributed by atoms with van der Waals surface area (Å²) in [5, 5.41) is 3.19. The van der Waals surface area contributed by atoms with Crippen molar-refractivity contribution in [2.45, 2.75) is 39.7 Å². The number of halogens is 2. The molecule has 1 heterocycles. The van der Waals surface area contributed by atoms with E-state index in [1.807, 2.05) is 30.3 Å². The van der Waals surface area contributed by atoms with Crippen LogP contribution in [0.5, 0.6) is 0 Å². The van der Waals surface area contributed by atoms with Gasteiger partial charge >= 0.3 is 0 Å². The van der Waals surface area contributed by atoms with E-state index in [9.17, 15) is 18.4 Å². The minimum absolute atomic E-state index is 0.0289. The van der Waals surface area contributed by atoms with Gasteiger partial charge in [0.05, 0.1) is 11.6 Å². The quantitative estimate of drug-likeness (QED) is 0.787. The summed E-state index contributed by atoms with van der Waals surface area (Å²) in [6, 6.07) is 12.7. The number of benzene rings is 2. The Balaban J connectivity index is 1.62. The predicted octanol–water partition coefficient (Wildman–Crippen LogP) is 4.72. The summed E-state index contributed by atoms with van der Waals surface area (Å²) in [7, 11) is 0. The van der Waals surface area contributed by atoms with Gasteiger partial charge in [-0.05, 0) is 36.0 Å². The first-order valence-electron chi connectivity index (χ1n) is 10.3. The van der Waals surface area contributed by atoms with Gasteiger partial charge in [-0.15, -0.1) is 0 Å². The van der Waals surface area contributed by atoms with Crippen LogP contribution < -0.4 is 5.32 Å². The zero-order valence-electron chi connectivity index (χ0n) is 17.6. The summed E-state index contributed by atoms with van der Waals surface area (Å²) < 4.78 is 27.0. The molecule has 2 amide bonds. The Kier molecular flexibility index (Phi) is 6.54. The second kappa shape index (κ2) is 8.94. The van der Waals surface area contributed by atoms with Gasteiger partial charge in [-0.1, -0.05) is 51.1 Å². The highest BCUT2D eigenvalue weighted by atomic mass is 19.1. The van der Waals surface area contributed by atoms with Crippen molar-refractivity contribution in [3.63, 3.8) is 0 Å². The molecule has 1 atom stereocenters. The first-order chi connectivity index (χ1) is 14.2. The molecule has 2 aromatic carbocycles. The van der Waals surface area contributed by atoms with Crippen molar-refractivity contribution in [3.8, 4) is 0 Å². The monoisotopic (exact) mass is 414 g/mol. The number of amides is 2. The molecule has 0 bridgehead atoms. The van der Waals surface area contributed by atoms with Gasteiger partial charge in [0, 0.05) is 25.1 Å². The number of carbonyl (C=O) groups excluding carboxylic acids is 2. The molecule has 1 aliphatic rings. The molecule has 0 saturated carbocycles. The summed E-state index contributed by atoms with van der Waals surface area (Å²) in [4.78, 5) is 27.0. The number of hydrogen-bond donors (Lipinski definition) is 1. The van der Waals surface area contributed by atoms with Crippen LogP contribution in [0, 0.1) is 23.0 Å². The minimum atomic E-state index is -0.865. The first kappa shape index (κ1) is 21.9. The third-order valence-corrected chi connectivity index (χ3v) is 5.60. The van der Waals surface area contributed by atoms with E-state index in [-0.39, 0.29) is 28.8 Å².